The van der Waals surface area contributed by atoms with E-state index in [9.17, 15) is 0 Å². The second kappa shape index (κ2) is 7.33. The molecular formula is C19H28N2O4. The lowest BCUT2D eigenvalue weighted by Gasteiger charge is -2.25. The van der Waals surface area contributed by atoms with Crippen molar-refractivity contribution in [1.82, 2.24) is 9.97 Å². The number of aryl methyl sites for hydroxylation is 4. The van der Waals surface area contributed by atoms with E-state index in [2.05, 4.69) is 49.8 Å². The summed E-state index contributed by atoms with van der Waals surface area (Å²) in [6.07, 6.45) is 0.471. The third-order valence-corrected chi connectivity index (χ3v) is 5.15. The minimum absolute atomic E-state index is 0.0124. The summed E-state index contributed by atoms with van der Waals surface area (Å²) in [6, 6.07) is 4.29. The van der Waals surface area contributed by atoms with E-state index in [1.54, 1.807) is 14.2 Å². The summed E-state index contributed by atoms with van der Waals surface area (Å²) in [5, 5.41) is 0. The first kappa shape index (κ1) is 18.2. The highest BCUT2D eigenvalue weighted by Gasteiger charge is 2.49. The van der Waals surface area contributed by atoms with Gasteiger partial charge in [0.05, 0.1) is 20.1 Å². The Morgan fingerprint density at radius 1 is 0.840 bits per heavy atom. The van der Waals surface area contributed by atoms with Gasteiger partial charge in [-0.05, 0) is 57.4 Å². The molecule has 25 heavy (non-hydrogen) atoms. The fraction of sp³-hybridized carbons (Fsp3) is 0.579. The summed E-state index contributed by atoms with van der Waals surface area (Å²) < 4.78 is 0. The fourth-order valence-corrected chi connectivity index (χ4v) is 4.32. The maximum absolute atomic E-state index is 5.77. The second-order valence-electron chi connectivity index (χ2n) is 6.99. The summed E-state index contributed by atoms with van der Waals surface area (Å²) in [7, 11) is 3.10. The molecule has 0 saturated heterocycles. The lowest BCUT2D eigenvalue weighted by Crippen LogP contribution is -2.28. The molecule has 0 bridgehead atoms. The molecule has 1 aliphatic carbocycles. The van der Waals surface area contributed by atoms with E-state index in [0.29, 0.717) is 0 Å². The van der Waals surface area contributed by atoms with Crippen molar-refractivity contribution in [3.8, 4) is 0 Å². The van der Waals surface area contributed by atoms with E-state index in [0.717, 1.165) is 23.5 Å². The van der Waals surface area contributed by atoms with E-state index < -0.39 is 0 Å². The van der Waals surface area contributed by atoms with Crippen LogP contribution in [-0.2, 0) is 19.6 Å². The number of aromatic amines is 2. The first-order chi connectivity index (χ1) is 12.0. The van der Waals surface area contributed by atoms with Crippen molar-refractivity contribution >= 4 is 0 Å². The molecular weight excluding hydrogens is 320 g/mol. The maximum Gasteiger partial charge on any atom is 0.112 e. The molecule has 1 fully saturated rings. The Labute approximate surface area is 148 Å². The van der Waals surface area contributed by atoms with E-state index in [1.165, 1.54) is 16.8 Å². The highest BCUT2D eigenvalue weighted by atomic mass is 17.2. The van der Waals surface area contributed by atoms with Crippen molar-refractivity contribution in [2.75, 3.05) is 14.2 Å². The van der Waals surface area contributed by atoms with Gasteiger partial charge in [0.2, 0.25) is 0 Å². The van der Waals surface area contributed by atoms with Gasteiger partial charge in [0.15, 0.2) is 0 Å². The summed E-state index contributed by atoms with van der Waals surface area (Å²) in [5.74, 6) is 0.114. The Bertz CT molecular complexity index is 721. The molecule has 1 saturated carbocycles. The van der Waals surface area contributed by atoms with Crippen LogP contribution in [-0.4, -0.2) is 36.4 Å². The predicted octanol–water partition coefficient (Wildman–Crippen LogP) is 3.74. The fourth-order valence-electron chi connectivity index (χ4n) is 4.32. The van der Waals surface area contributed by atoms with Gasteiger partial charge in [-0.25, -0.2) is 19.6 Å². The molecule has 2 aromatic heterocycles. The Hall–Kier alpha value is -1.60. The minimum Gasteiger partial charge on any atom is -0.362 e. The number of nitrogens with one attached hydrogen (secondary N) is 2. The molecule has 4 atom stereocenters. The van der Waals surface area contributed by atoms with Crippen LogP contribution in [0.15, 0.2) is 12.1 Å². The first-order valence-corrected chi connectivity index (χ1v) is 8.67. The Morgan fingerprint density at radius 3 is 1.88 bits per heavy atom. The number of hydrogen-bond acceptors (Lipinski definition) is 4. The number of H-pyrrole nitrogens is 2. The van der Waals surface area contributed by atoms with Gasteiger partial charge in [0.1, 0.15) is 12.2 Å². The van der Waals surface area contributed by atoms with Crippen LogP contribution < -0.4 is 0 Å². The lowest BCUT2D eigenvalue weighted by molar-refractivity contribution is -0.327. The van der Waals surface area contributed by atoms with Gasteiger partial charge in [-0.2, -0.15) is 0 Å². The van der Waals surface area contributed by atoms with Crippen LogP contribution in [0.3, 0.4) is 0 Å². The van der Waals surface area contributed by atoms with Gasteiger partial charge in [-0.3, -0.25) is 0 Å². The minimum atomic E-state index is -0.182. The summed E-state index contributed by atoms with van der Waals surface area (Å²) >= 11 is 0. The summed E-state index contributed by atoms with van der Waals surface area (Å²) in [5.41, 5.74) is 6.97. The predicted molar refractivity (Wildman–Crippen MR) is 94.4 cm³/mol. The number of aromatic nitrogens is 2. The Morgan fingerprint density at radius 2 is 1.40 bits per heavy atom. The topological polar surface area (TPSA) is 68.5 Å². The van der Waals surface area contributed by atoms with Gasteiger partial charge in [0, 0.05) is 28.7 Å². The van der Waals surface area contributed by atoms with Crippen LogP contribution in [0.5, 0.6) is 0 Å². The second-order valence-corrected chi connectivity index (χ2v) is 6.99. The van der Waals surface area contributed by atoms with E-state index in [4.69, 9.17) is 19.6 Å². The highest BCUT2D eigenvalue weighted by molar-refractivity contribution is 5.35. The van der Waals surface area contributed by atoms with Crippen LogP contribution in [0.4, 0.5) is 0 Å². The number of rotatable bonds is 6. The summed E-state index contributed by atoms with van der Waals surface area (Å²) in [6.45, 7) is 8.34. The lowest BCUT2D eigenvalue weighted by atomic mass is 9.92. The summed E-state index contributed by atoms with van der Waals surface area (Å²) in [4.78, 5) is 28.5. The third-order valence-electron chi connectivity index (χ3n) is 5.15. The average Bonchev–Trinajstić information content (AvgIpc) is 3.16. The van der Waals surface area contributed by atoms with Gasteiger partial charge in [-0.15, -0.1) is 0 Å². The maximum atomic E-state index is 5.77. The van der Waals surface area contributed by atoms with Crippen LogP contribution in [0.25, 0.3) is 0 Å². The van der Waals surface area contributed by atoms with Crippen molar-refractivity contribution in [2.45, 2.75) is 58.2 Å². The van der Waals surface area contributed by atoms with Crippen LogP contribution in [0.2, 0.25) is 0 Å². The first-order valence-electron chi connectivity index (χ1n) is 8.67. The van der Waals surface area contributed by atoms with E-state index in [1.807, 2.05) is 0 Å². The molecule has 1 aliphatic rings. The molecule has 0 aromatic carbocycles. The van der Waals surface area contributed by atoms with Crippen molar-refractivity contribution in [2.24, 2.45) is 0 Å². The molecule has 6 nitrogen and oxygen atoms in total. The Kier molecular flexibility index (Phi) is 5.34. The molecule has 0 amide bonds. The molecule has 2 aromatic rings. The quantitative estimate of drug-likeness (QED) is 0.616. The third kappa shape index (κ3) is 3.40. The smallest absolute Gasteiger partial charge is 0.112 e. The van der Waals surface area contributed by atoms with Crippen LogP contribution in [0.1, 0.15) is 52.2 Å². The molecule has 4 unspecified atom stereocenters. The van der Waals surface area contributed by atoms with Crippen molar-refractivity contribution in [3.63, 3.8) is 0 Å². The zero-order valence-electron chi connectivity index (χ0n) is 15.8. The standard InChI is InChI=1S/C19H28N2O4/c1-10-7-12(3)20-17(10)14-9-15(24-22-5)16(19(14)25-23-6)18-11(2)8-13(4)21-18/h7-8,14-16,19-21H,9H2,1-6H3. The zero-order chi connectivity index (χ0) is 18.1. The van der Waals surface area contributed by atoms with Gasteiger partial charge >= 0.3 is 0 Å². The van der Waals surface area contributed by atoms with Gasteiger partial charge < -0.3 is 9.97 Å². The normalized spacial score (nSPS) is 26.5. The Balaban J connectivity index is 2.03. The largest absolute Gasteiger partial charge is 0.362 e. The van der Waals surface area contributed by atoms with Crippen LogP contribution in [0, 0.1) is 27.7 Å². The zero-order valence-corrected chi connectivity index (χ0v) is 15.8. The van der Waals surface area contributed by atoms with Gasteiger partial charge in [0.25, 0.3) is 0 Å². The highest BCUT2D eigenvalue weighted by Crippen LogP contribution is 2.48. The molecule has 0 radical (unpaired) electrons. The molecule has 0 aliphatic heterocycles. The van der Waals surface area contributed by atoms with Crippen molar-refractivity contribution < 1.29 is 19.6 Å². The molecule has 0 spiro atoms. The van der Waals surface area contributed by atoms with Crippen LogP contribution >= 0.6 is 0 Å². The van der Waals surface area contributed by atoms with Crippen molar-refractivity contribution in [3.05, 3.63) is 46.0 Å². The molecule has 6 heteroatoms. The van der Waals surface area contributed by atoms with Gasteiger partial charge in [-0.1, -0.05) is 0 Å². The van der Waals surface area contributed by atoms with E-state index >= 15 is 0 Å². The van der Waals surface area contributed by atoms with E-state index in [-0.39, 0.29) is 24.0 Å². The molecule has 138 valence electrons. The SMILES string of the molecule is COOC1CC(c2[nH]c(C)cc2C)C(OOC)C1c1[nH]c(C)cc1C. The molecule has 2 heterocycles. The molecule has 3 rings (SSSR count). The monoisotopic (exact) mass is 348 g/mol. The van der Waals surface area contributed by atoms with Crippen molar-refractivity contribution in [1.29, 1.82) is 0 Å². The molecule has 2 N–H and O–H groups in total. The number of hydrogen-bond donors (Lipinski definition) is 2. The average molecular weight is 348 g/mol.